The number of halogens is 1. The number of hydrogen-bond acceptors (Lipinski definition) is 4. The van der Waals surface area contributed by atoms with Crippen molar-refractivity contribution in [2.45, 2.75) is 24.9 Å². The summed E-state index contributed by atoms with van der Waals surface area (Å²) in [7, 11) is 0. The van der Waals surface area contributed by atoms with E-state index in [2.05, 4.69) is 34.7 Å². The zero-order chi connectivity index (χ0) is 19.2. The fourth-order valence-electron chi connectivity index (χ4n) is 4.46. The standard InChI is InChI=1S/C22H16IN3O/c1-14(27)21-20(16-6-4-7-17(23)11-16)22(12-24,13-25)19-10-9-15-5-2-3-8-18(15)26(19)21/h2-11,19-21H,1H3/t19-,20-,21-/m0/s1. The van der Waals surface area contributed by atoms with Crippen LogP contribution in [0.2, 0.25) is 0 Å². The lowest BCUT2D eigenvalue weighted by molar-refractivity contribution is -0.118. The number of ketones is 1. The van der Waals surface area contributed by atoms with Crippen molar-refractivity contribution in [3.05, 3.63) is 69.3 Å². The van der Waals surface area contributed by atoms with Crippen LogP contribution >= 0.6 is 22.6 Å². The Kier molecular flexibility index (Phi) is 4.28. The molecule has 4 rings (SSSR count). The van der Waals surface area contributed by atoms with Crippen molar-refractivity contribution in [2.75, 3.05) is 4.90 Å². The molecule has 1 fully saturated rings. The minimum Gasteiger partial charge on any atom is -0.351 e. The molecule has 1 saturated heterocycles. The Morgan fingerprint density at radius 1 is 1.15 bits per heavy atom. The van der Waals surface area contributed by atoms with Gasteiger partial charge in [0.2, 0.25) is 0 Å². The van der Waals surface area contributed by atoms with Crippen LogP contribution in [-0.2, 0) is 4.79 Å². The molecule has 0 unspecified atom stereocenters. The summed E-state index contributed by atoms with van der Waals surface area (Å²) in [5, 5.41) is 20.3. The van der Waals surface area contributed by atoms with Gasteiger partial charge in [0.25, 0.3) is 0 Å². The summed E-state index contributed by atoms with van der Waals surface area (Å²) in [4.78, 5) is 14.8. The molecular formula is C22H16IN3O. The largest absolute Gasteiger partial charge is 0.351 e. The Morgan fingerprint density at radius 3 is 2.56 bits per heavy atom. The van der Waals surface area contributed by atoms with E-state index in [9.17, 15) is 15.3 Å². The normalized spacial score (nSPS) is 24.4. The van der Waals surface area contributed by atoms with E-state index in [4.69, 9.17) is 0 Å². The number of para-hydroxylation sites is 1. The van der Waals surface area contributed by atoms with E-state index < -0.39 is 23.4 Å². The molecule has 27 heavy (non-hydrogen) atoms. The fourth-order valence-corrected chi connectivity index (χ4v) is 5.03. The van der Waals surface area contributed by atoms with E-state index >= 15 is 0 Å². The van der Waals surface area contributed by atoms with Crippen LogP contribution < -0.4 is 4.90 Å². The molecule has 0 spiro atoms. The van der Waals surface area contributed by atoms with Gasteiger partial charge in [-0.25, -0.2) is 0 Å². The number of carbonyl (C=O) groups is 1. The zero-order valence-electron chi connectivity index (χ0n) is 14.6. The molecule has 0 bridgehead atoms. The van der Waals surface area contributed by atoms with Crippen molar-refractivity contribution in [2.24, 2.45) is 5.41 Å². The second-order valence-corrected chi connectivity index (χ2v) is 8.20. The van der Waals surface area contributed by atoms with Crippen LogP contribution in [0.15, 0.2) is 54.6 Å². The molecular weight excluding hydrogens is 449 g/mol. The van der Waals surface area contributed by atoms with E-state index in [1.807, 2.05) is 65.6 Å². The first-order valence-corrected chi connectivity index (χ1v) is 9.75. The highest BCUT2D eigenvalue weighted by Gasteiger charge is 2.62. The topological polar surface area (TPSA) is 67.9 Å². The first-order valence-electron chi connectivity index (χ1n) is 8.67. The third kappa shape index (κ3) is 2.49. The minimum atomic E-state index is -1.34. The lowest BCUT2D eigenvalue weighted by Crippen LogP contribution is -2.43. The summed E-state index contributed by atoms with van der Waals surface area (Å²) in [6.45, 7) is 1.55. The molecule has 0 aromatic heterocycles. The second kappa shape index (κ2) is 6.51. The van der Waals surface area contributed by atoms with E-state index in [1.165, 1.54) is 0 Å². The summed E-state index contributed by atoms with van der Waals surface area (Å²) >= 11 is 2.22. The molecule has 0 radical (unpaired) electrons. The number of Topliss-reactive ketones (excluding diaryl/α,β-unsaturated/α-hetero) is 1. The number of fused-ring (bicyclic) bond motifs is 3. The highest BCUT2D eigenvalue weighted by Crippen LogP contribution is 2.55. The number of hydrogen-bond donors (Lipinski definition) is 0. The number of benzene rings is 2. The summed E-state index contributed by atoms with van der Waals surface area (Å²) in [6.07, 6.45) is 3.85. The van der Waals surface area contributed by atoms with Gasteiger partial charge in [-0.15, -0.1) is 0 Å². The van der Waals surface area contributed by atoms with Gasteiger partial charge >= 0.3 is 0 Å². The first-order chi connectivity index (χ1) is 13.0. The van der Waals surface area contributed by atoms with Gasteiger partial charge in [0.15, 0.2) is 11.2 Å². The third-order valence-corrected chi connectivity index (χ3v) is 6.21. The van der Waals surface area contributed by atoms with E-state index in [1.54, 1.807) is 6.92 Å². The van der Waals surface area contributed by atoms with Crippen LogP contribution in [-0.4, -0.2) is 17.9 Å². The fraction of sp³-hybridized carbons (Fsp3) is 0.227. The minimum absolute atomic E-state index is 0.0404. The molecule has 0 saturated carbocycles. The van der Waals surface area contributed by atoms with Crippen molar-refractivity contribution in [1.82, 2.24) is 0 Å². The van der Waals surface area contributed by atoms with Gasteiger partial charge in [-0.2, -0.15) is 10.5 Å². The molecule has 0 N–H and O–H groups in total. The van der Waals surface area contributed by atoms with E-state index in [0.29, 0.717) is 0 Å². The predicted octanol–water partition coefficient (Wildman–Crippen LogP) is 4.28. The maximum absolute atomic E-state index is 12.8. The van der Waals surface area contributed by atoms with E-state index in [-0.39, 0.29) is 5.78 Å². The molecule has 2 aromatic rings. The summed E-state index contributed by atoms with van der Waals surface area (Å²) in [5.74, 6) is -0.568. The average Bonchev–Trinajstić information content (AvgIpc) is 2.99. The Morgan fingerprint density at radius 2 is 1.89 bits per heavy atom. The van der Waals surface area contributed by atoms with Crippen LogP contribution in [0.4, 0.5) is 5.69 Å². The lowest BCUT2D eigenvalue weighted by Gasteiger charge is -2.35. The van der Waals surface area contributed by atoms with Crippen LogP contribution in [0.5, 0.6) is 0 Å². The number of anilines is 1. The Labute approximate surface area is 171 Å². The number of rotatable bonds is 2. The van der Waals surface area contributed by atoms with Crippen molar-refractivity contribution >= 4 is 40.1 Å². The van der Waals surface area contributed by atoms with Crippen LogP contribution in [0.1, 0.15) is 24.0 Å². The maximum Gasteiger partial charge on any atom is 0.176 e. The van der Waals surface area contributed by atoms with Crippen molar-refractivity contribution < 1.29 is 4.79 Å². The van der Waals surface area contributed by atoms with Crippen molar-refractivity contribution in [1.29, 1.82) is 10.5 Å². The molecule has 2 heterocycles. The second-order valence-electron chi connectivity index (χ2n) is 6.95. The maximum atomic E-state index is 12.8. The van der Waals surface area contributed by atoms with Gasteiger partial charge in [0, 0.05) is 15.2 Å². The van der Waals surface area contributed by atoms with Gasteiger partial charge in [0.1, 0.15) is 0 Å². The lowest BCUT2D eigenvalue weighted by atomic mass is 9.69. The quantitative estimate of drug-likeness (QED) is 0.621. The summed E-state index contributed by atoms with van der Waals surface area (Å²) in [5.41, 5.74) is 1.40. The van der Waals surface area contributed by atoms with E-state index in [0.717, 1.165) is 20.4 Å². The Bertz CT molecular complexity index is 1030. The van der Waals surface area contributed by atoms with Crippen LogP contribution in [0.25, 0.3) is 6.08 Å². The third-order valence-electron chi connectivity index (χ3n) is 5.54. The Balaban J connectivity index is 2.01. The van der Waals surface area contributed by atoms with Crippen molar-refractivity contribution in [3.63, 3.8) is 0 Å². The summed E-state index contributed by atoms with van der Waals surface area (Å²) in [6, 6.07) is 19.1. The number of carbonyl (C=O) groups excluding carboxylic acids is 1. The summed E-state index contributed by atoms with van der Waals surface area (Å²) < 4.78 is 1.01. The molecule has 5 heteroatoms. The highest BCUT2D eigenvalue weighted by atomic mass is 127. The molecule has 2 aliphatic heterocycles. The Hall–Kier alpha value is -2.64. The number of nitriles is 2. The molecule has 2 aromatic carbocycles. The highest BCUT2D eigenvalue weighted by molar-refractivity contribution is 14.1. The van der Waals surface area contributed by atoms with Crippen LogP contribution in [0, 0.1) is 31.6 Å². The molecule has 4 nitrogen and oxygen atoms in total. The number of nitrogens with zero attached hydrogens (tertiary/aromatic N) is 3. The van der Waals surface area contributed by atoms with Crippen LogP contribution in [0.3, 0.4) is 0 Å². The first kappa shape index (κ1) is 17.8. The van der Waals surface area contributed by atoms with Gasteiger partial charge in [-0.1, -0.05) is 42.5 Å². The molecule has 132 valence electrons. The zero-order valence-corrected chi connectivity index (χ0v) is 16.8. The molecule has 0 amide bonds. The van der Waals surface area contributed by atoms with Crippen molar-refractivity contribution in [3.8, 4) is 12.1 Å². The van der Waals surface area contributed by atoms with Gasteiger partial charge in [-0.05, 0) is 58.8 Å². The van der Waals surface area contributed by atoms with Gasteiger partial charge < -0.3 is 4.90 Å². The van der Waals surface area contributed by atoms with Gasteiger partial charge in [-0.3, -0.25) is 4.79 Å². The SMILES string of the molecule is CC(=O)[C@H]1[C@H](c2cccc(I)c2)C(C#N)(C#N)[C@@H]2C=Cc3ccccc3N21. The molecule has 0 aliphatic carbocycles. The average molecular weight is 465 g/mol. The predicted molar refractivity (Wildman–Crippen MR) is 112 cm³/mol. The molecule has 2 aliphatic rings. The smallest absolute Gasteiger partial charge is 0.176 e. The molecule has 3 atom stereocenters. The monoisotopic (exact) mass is 465 g/mol. The van der Waals surface area contributed by atoms with Gasteiger partial charge in [0.05, 0.1) is 24.2 Å².